The van der Waals surface area contributed by atoms with Crippen molar-refractivity contribution in [3.05, 3.63) is 35.9 Å². The van der Waals surface area contributed by atoms with E-state index in [0.29, 0.717) is 0 Å². The molecule has 21 heavy (non-hydrogen) atoms. The van der Waals surface area contributed by atoms with E-state index in [1.54, 1.807) is 6.08 Å². The number of amides is 1. The fraction of sp³-hybridized carbons (Fsp3) is 0.412. The molecule has 0 aromatic heterocycles. The van der Waals surface area contributed by atoms with Crippen molar-refractivity contribution in [1.29, 1.82) is 0 Å². The quantitative estimate of drug-likeness (QED) is 0.682. The fourth-order valence-electron chi connectivity index (χ4n) is 2.57. The summed E-state index contributed by atoms with van der Waals surface area (Å²) >= 11 is 0. The van der Waals surface area contributed by atoms with Gasteiger partial charge in [-0.15, -0.1) is 0 Å². The Balaban J connectivity index is 1.98. The molecule has 1 aliphatic carbocycles. The number of anilines is 1. The summed E-state index contributed by atoms with van der Waals surface area (Å²) in [6.07, 6.45) is 7.21. The van der Waals surface area contributed by atoms with Crippen molar-refractivity contribution >= 4 is 23.6 Å². The lowest BCUT2D eigenvalue weighted by atomic mass is 9.88. The third-order valence-corrected chi connectivity index (χ3v) is 4.04. The Hall–Kier alpha value is -2.10. The van der Waals surface area contributed by atoms with Crippen LogP contribution in [0.3, 0.4) is 0 Å². The average Bonchev–Trinajstić information content (AvgIpc) is 2.94. The Labute approximate surface area is 125 Å². The maximum atomic E-state index is 12.3. The topological polar surface area (TPSA) is 55.4 Å². The van der Waals surface area contributed by atoms with Crippen LogP contribution in [-0.4, -0.2) is 19.0 Å². The normalized spacial score (nSPS) is 16.9. The second-order valence-corrected chi connectivity index (χ2v) is 5.70. The molecule has 1 fully saturated rings. The molecule has 1 aliphatic rings. The maximum Gasteiger partial charge on any atom is 0.330 e. The molecule has 1 amide bonds. The first-order chi connectivity index (χ1) is 10.0. The molecule has 0 saturated heterocycles. The minimum atomic E-state index is -0.387. The number of rotatable bonds is 4. The zero-order chi connectivity index (χ0) is 15.3. The molecule has 1 aromatic carbocycles. The molecule has 0 spiro atoms. The third kappa shape index (κ3) is 3.94. The summed E-state index contributed by atoms with van der Waals surface area (Å²) in [6.45, 7) is 2.03. The van der Waals surface area contributed by atoms with Gasteiger partial charge in [-0.25, -0.2) is 4.79 Å². The van der Waals surface area contributed by atoms with Crippen LogP contribution in [0.2, 0.25) is 0 Å². The summed E-state index contributed by atoms with van der Waals surface area (Å²) < 4.78 is 4.53. The van der Waals surface area contributed by atoms with Crippen LogP contribution in [0.4, 0.5) is 5.69 Å². The third-order valence-electron chi connectivity index (χ3n) is 4.04. The lowest BCUT2D eigenvalue weighted by Crippen LogP contribution is -2.30. The Kier molecular flexibility index (Phi) is 4.78. The van der Waals surface area contributed by atoms with Gasteiger partial charge in [0.1, 0.15) is 0 Å². The van der Waals surface area contributed by atoms with Crippen molar-refractivity contribution < 1.29 is 14.3 Å². The Morgan fingerprint density at radius 3 is 2.38 bits per heavy atom. The van der Waals surface area contributed by atoms with E-state index in [0.717, 1.165) is 36.9 Å². The van der Waals surface area contributed by atoms with Gasteiger partial charge in [-0.05, 0) is 36.6 Å². The molecule has 0 heterocycles. The van der Waals surface area contributed by atoms with Gasteiger partial charge in [-0.2, -0.15) is 0 Å². The predicted molar refractivity (Wildman–Crippen MR) is 82.7 cm³/mol. The smallest absolute Gasteiger partial charge is 0.330 e. The summed E-state index contributed by atoms with van der Waals surface area (Å²) in [5.74, 6) is -0.292. The largest absolute Gasteiger partial charge is 0.466 e. The van der Waals surface area contributed by atoms with E-state index in [1.165, 1.54) is 13.2 Å². The van der Waals surface area contributed by atoms with E-state index in [4.69, 9.17) is 0 Å². The molecule has 0 aliphatic heterocycles. The molecular formula is C17H21NO3. The highest BCUT2D eigenvalue weighted by atomic mass is 16.5. The molecule has 4 nitrogen and oxygen atoms in total. The number of carbonyl (C=O) groups is 2. The van der Waals surface area contributed by atoms with Crippen LogP contribution in [0.25, 0.3) is 6.08 Å². The van der Waals surface area contributed by atoms with Crippen molar-refractivity contribution in [2.45, 2.75) is 32.6 Å². The van der Waals surface area contributed by atoms with E-state index < -0.39 is 0 Å². The number of ether oxygens (including phenoxy) is 1. The summed E-state index contributed by atoms with van der Waals surface area (Å²) in [6, 6.07) is 7.39. The molecule has 2 rings (SSSR count). The minimum absolute atomic E-state index is 0.0952. The average molecular weight is 287 g/mol. The second-order valence-electron chi connectivity index (χ2n) is 5.70. The maximum absolute atomic E-state index is 12.3. The van der Waals surface area contributed by atoms with Crippen LogP contribution in [0, 0.1) is 5.41 Å². The van der Waals surface area contributed by atoms with Crippen LogP contribution in [0.15, 0.2) is 30.3 Å². The minimum Gasteiger partial charge on any atom is -0.466 e. The van der Waals surface area contributed by atoms with E-state index in [2.05, 4.69) is 10.1 Å². The molecule has 112 valence electrons. The lowest BCUT2D eigenvalue weighted by molar-refractivity contribution is -0.134. The van der Waals surface area contributed by atoms with Gasteiger partial charge in [0.2, 0.25) is 5.91 Å². The number of methoxy groups -OCH3 is 1. The summed E-state index contributed by atoms with van der Waals surface area (Å²) in [7, 11) is 1.34. The lowest BCUT2D eigenvalue weighted by Gasteiger charge is -2.22. The van der Waals surface area contributed by atoms with Gasteiger partial charge < -0.3 is 10.1 Å². The van der Waals surface area contributed by atoms with Crippen LogP contribution in [-0.2, 0) is 14.3 Å². The molecular weight excluding hydrogens is 266 g/mol. The molecule has 0 unspecified atom stereocenters. The summed E-state index contributed by atoms with van der Waals surface area (Å²) in [5, 5.41) is 2.97. The van der Waals surface area contributed by atoms with Gasteiger partial charge in [0.25, 0.3) is 0 Å². The van der Waals surface area contributed by atoms with Crippen LogP contribution < -0.4 is 5.32 Å². The Bertz CT molecular complexity index is 540. The van der Waals surface area contributed by atoms with Crippen molar-refractivity contribution in [3.8, 4) is 0 Å². The molecule has 1 saturated carbocycles. The number of esters is 1. The van der Waals surface area contributed by atoms with Crippen molar-refractivity contribution in [2.24, 2.45) is 5.41 Å². The van der Waals surface area contributed by atoms with Gasteiger partial charge in [0, 0.05) is 17.2 Å². The summed E-state index contributed by atoms with van der Waals surface area (Å²) in [4.78, 5) is 23.3. The van der Waals surface area contributed by atoms with Crippen LogP contribution in [0.5, 0.6) is 0 Å². The van der Waals surface area contributed by atoms with E-state index in [1.807, 2.05) is 31.2 Å². The van der Waals surface area contributed by atoms with Gasteiger partial charge in [-0.1, -0.05) is 31.9 Å². The van der Waals surface area contributed by atoms with Crippen molar-refractivity contribution in [1.82, 2.24) is 0 Å². The molecule has 1 N–H and O–H groups in total. The van der Waals surface area contributed by atoms with Gasteiger partial charge in [-0.3, -0.25) is 4.79 Å². The van der Waals surface area contributed by atoms with E-state index >= 15 is 0 Å². The van der Waals surface area contributed by atoms with Gasteiger partial charge >= 0.3 is 5.97 Å². The fourth-order valence-corrected chi connectivity index (χ4v) is 2.57. The standard InChI is InChI=1S/C17H21NO3/c1-17(11-3-4-12-17)16(20)18-14-8-5-13(6-9-14)7-10-15(19)21-2/h5-10H,3-4,11-12H2,1-2H3,(H,18,20)/b10-7+. The second kappa shape index (κ2) is 6.57. The molecule has 4 heteroatoms. The van der Waals surface area contributed by atoms with E-state index in [-0.39, 0.29) is 17.3 Å². The molecule has 0 bridgehead atoms. The first-order valence-electron chi connectivity index (χ1n) is 7.21. The number of carbonyl (C=O) groups excluding carboxylic acids is 2. The Morgan fingerprint density at radius 1 is 1.19 bits per heavy atom. The molecule has 1 aromatic rings. The number of hydrogen-bond acceptors (Lipinski definition) is 3. The zero-order valence-electron chi connectivity index (χ0n) is 12.5. The first kappa shape index (κ1) is 15.3. The summed E-state index contributed by atoms with van der Waals surface area (Å²) in [5.41, 5.74) is 1.43. The Morgan fingerprint density at radius 2 is 1.81 bits per heavy atom. The van der Waals surface area contributed by atoms with Crippen molar-refractivity contribution in [2.75, 3.05) is 12.4 Å². The van der Waals surface area contributed by atoms with E-state index in [9.17, 15) is 9.59 Å². The molecule has 0 radical (unpaired) electrons. The highest BCUT2D eigenvalue weighted by molar-refractivity contribution is 5.95. The van der Waals surface area contributed by atoms with Crippen LogP contribution >= 0.6 is 0 Å². The first-order valence-corrected chi connectivity index (χ1v) is 7.21. The van der Waals surface area contributed by atoms with Crippen molar-refractivity contribution in [3.63, 3.8) is 0 Å². The predicted octanol–water partition coefficient (Wildman–Crippen LogP) is 3.39. The zero-order valence-corrected chi connectivity index (χ0v) is 12.5. The number of benzene rings is 1. The van der Waals surface area contributed by atoms with Crippen LogP contribution in [0.1, 0.15) is 38.2 Å². The molecule has 0 atom stereocenters. The number of nitrogens with one attached hydrogen (secondary N) is 1. The van der Waals surface area contributed by atoms with Gasteiger partial charge in [0.15, 0.2) is 0 Å². The number of hydrogen-bond donors (Lipinski definition) is 1. The van der Waals surface area contributed by atoms with Gasteiger partial charge in [0.05, 0.1) is 7.11 Å². The SMILES string of the molecule is COC(=O)/C=C/c1ccc(NC(=O)C2(C)CCCC2)cc1. The monoisotopic (exact) mass is 287 g/mol. The highest BCUT2D eigenvalue weighted by Gasteiger charge is 2.36. The highest BCUT2D eigenvalue weighted by Crippen LogP contribution is 2.38.